The fraction of sp³-hybridized carbons (Fsp3) is 0.612. The lowest BCUT2D eigenvalue weighted by Gasteiger charge is -2.40. The van der Waals surface area contributed by atoms with Crippen LogP contribution in [0.4, 0.5) is 0 Å². The molecule has 12 nitrogen and oxygen atoms in total. The second kappa shape index (κ2) is 53.5. The molecule has 1 fully saturated rings. The maximum absolute atomic E-state index is 13.2. The van der Waals surface area contributed by atoms with Gasteiger partial charge in [0.15, 0.2) is 24.6 Å². The van der Waals surface area contributed by atoms with E-state index < -0.39 is 67.3 Å². The third-order valence-corrected chi connectivity index (χ3v) is 12.7. The highest BCUT2D eigenvalue weighted by Gasteiger charge is 2.50. The third kappa shape index (κ3) is 43.4. The Hall–Kier alpha value is -5.14. The van der Waals surface area contributed by atoms with Gasteiger partial charge in [-0.1, -0.05) is 199 Å². The monoisotopic (exact) mass is 1100 g/mol. The summed E-state index contributed by atoms with van der Waals surface area (Å²) in [7, 11) is 0. The van der Waals surface area contributed by atoms with Gasteiger partial charge >= 0.3 is 23.9 Å². The lowest BCUT2D eigenvalue weighted by atomic mass is 9.98. The highest BCUT2D eigenvalue weighted by molar-refractivity contribution is 5.74. The van der Waals surface area contributed by atoms with Gasteiger partial charge in [-0.3, -0.25) is 14.4 Å². The molecule has 0 amide bonds. The van der Waals surface area contributed by atoms with E-state index >= 15 is 0 Å². The van der Waals surface area contributed by atoms with Gasteiger partial charge in [0.05, 0.1) is 6.61 Å². The normalized spacial score (nSPS) is 18.8. The van der Waals surface area contributed by atoms with Gasteiger partial charge < -0.3 is 39.0 Å². The molecule has 0 aromatic heterocycles. The first-order valence-corrected chi connectivity index (χ1v) is 30.2. The van der Waals surface area contributed by atoms with Crippen LogP contribution in [0.15, 0.2) is 134 Å². The Morgan fingerprint density at radius 2 is 0.810 bits per heavy atom. The standard InChI is InChI=1S/C67H104O12/c1-4-7-10-13-16-19-22-25-28-30-33-35-38-41-44-47-50-53-59(68)75-56-58(77-60(69)54-51-48-45-42-39-36-32-27-24-21-18-15-12-9-6-3)57-76-67-65(63(72)62(71)64(79-67)66(73)74)78-61(70)55-52-49-46-43-40-37-34-31-29-26-23-20-17-14-11-8-5-2/h7-8,10-11,16-21,25-29,32-35,37,43,46,58,62-65,67,71-72H,4-6,9,12-15,22-24,30-31,36,38-42,44-45,47-57H2,1-3H3,(H,73,74)/b10-7-,11-8-,19-16-,20-17-,21-18-,28-25-,29-26-,32-27-,35-33-,37-34-,46-43-. The summed E-state index contributed by atoms with van der Waals surface area (Å²) >= 11 is 0. The number of unbranched alkanes of at least 4 members (excludes halogenated alkanes) is 13. The zero-order chi connectivity index (χ0) is 57.5. The van der Waals surface area contributed by atoms with Crippen molar-refractivity contribution in [3.8, 4) is 0 Å². The second-order valence-corrected chi connectivity index (χ2v) is 19.9. The molecule has 0 aromatic rings. The Morgan fingerprint density at radius 1 is 0.430 bits per heavy atom. The minimum atomic E-state index is -1.94. The summed E-state index contributed by atoms with van der Waals surface area (Å²) in [6, 6.07) is 0. The highest BCUT2D eigenvalue weighted by atomic mass is 16.7. The van der Waals surface area contributed by atoms with E-state index in [9.17, 15) is 34.5 Å². The van der Waals surface area contributed by atoms with Gasteiger partial charge in [0, 0.05) is 19.3 Å². The maximum Gasteiger partial charge on any atom is 0.335 e. The molecule has 0 aliphatic carbocycles. The van der Waals surface area contributed by atoms with Crippen molar-refractivity contribution in [2.24, 2.45) is 0 Å². The summed E-state index contributed by atoms with van der Waals surface area (Å²) in [5.41, 5.74) is 0. The van der Waals surface area contributed by atoms with Crippen molar-refractivity contribution < 1.29 is 58.2 Å². The summed E-state index contributed by atoms with van der Waals surface area (Å²) in [6.07, 6.45) is 62.7. The summed E-state index contributed by atoms with van der Waals surface area (Å²) in [6.45, 7) is 5.67. The SMILES string of the molecule is CC/C=C\C/C=C\C/C=C\C/C=C\C/C=C\CCCC(=O)OC1C(OCC(COC(=O)CCCCCC/C=C\C/C=C\C/C=C\C/C=C\CC)OC(=O)CCCCCCC/C=C\C/C=C\CCCCC)OC(C(=O)O)C(O)C1O. The zero-order valence-corrected chi connectivity index (χ0v) is 48.8. The molecule has 1 saturated heterocycles. The van der Waals surface area contributed by atoms with Gasteiger partial charge in [-0.05, 0) is 128 Å². The zero-order valence-electron chi connectivity index (χ0n) is 48.8. The first-order valence-electron chi connectivity index (χ1n) is 30.2. The molecule has 79 heavy (non-hydrogen) atoms. The van der Waals surface area contributed by atoms with Crippen LogP contribution in [0.25, 0.3) is 0 Å². The lowest BCUT2D eigenvalue weighted by Crippen LogP contribution is -2.61. The van der Waals surface area contributed by atoms with Gasteiger partial charge in [0.25, 0.3) is 0 Å². The fourth-order valence-corrected chi connectivity index (χ4v) is 8.13. The number of aliphatic carboxylic acids is 1. The minimum absolute atomic E-state index is 0.0294. The van der Waals surface area contributed by atoms with E-state index in [1.54, 1.807) is 0 Å². The van der Waals surface area contributed by atoms with Crippen LogP contribution in [-0.2, 0) is 42.9 Å². The molecule has 1 aliphatic rings. The average Bonchev–Trinajstić information content (AvgIpc) is 3.43. The summed E-state index contributed by atoms with van der Waals surface area (Å²) in [5, 5.41) is 31.5. The number of allylic oxidation sites excluding steroid dienone is 22. The molecule has 0 radical (unpaired) electrons. The first kappa shape index (κ1) is 71.9. The molecule has 444 valence electrons. The molecule has 0 spiro atoms. The number of carbonyl (C=O) groups excluding carboxylic acids is 3. The van der Waals surface area contributed by atoms with Crippen molar-refractivity contribution in [1.82, 2.24) is 0 Å². The van der Waals surface area contributed by atoms with Crippen LogP contribution in [-0.4, -0.2) is 89.2 Å². The van der Waals surface area contributed by atoms with E-state index in [-0.39, 0.29) is 25.9 Å². The quantitative estimate of drug-likeness (QED) is 0.0228. The number of aliphatic hydroxyl groups is 2. The van der Waals surface area contributed by atoms with Crippen molar-refractivity contribution in [3.63, 3.8) is 0 Å². The van der Waals surface area contributed by atoms with Crippen molar-refractivity contribution in [2.45, 2.75) is 250 Å². The van der Waals surface area contributed by atoms with E-state index in [1.807, 2.05) is 12.2 Å². The average molecular weight is 1100 g/mol. The Morgan fingerprint density at radius 3 is 1.25 bits per heavy atom. The molecule has 1 heterocycles. The number of esters is 3. The van der Waals surface area contributed by atoms with Crippen LogP contribution < -0.4 is 0 Å². The Kier molecular flexibility index (Phi) is 48.7. The second-order valence-electron chi connectivity index (χ2n) is 19.9. The van der Waals surface area contributed by atoms with Gasteiger partial charge in [-0.2, -0.15) is 0 Å². The predicted octanol–water partition coefficient (Wildman–Crippen LogP) is 15.8. The maximum atomic E-state index is 13.2. The third-order valence-electron chi connectivity index (χ3n) is 12.7. The number of rotatable bonds is 49. The van der Waals surface area contributed by atoms with Crippen LogP contribution >= 0.6 is 0 Å². The molecular weight excluding hydrogens is 997 g/mol. The van der Waals surface area contributed by atoms with E-state index in [0.29, 0.717) is 25.7 Å². The summed E-state index contributed by atoms with van der Waals surface area (Å²) in [5.74, 6) is -3.27. The van der Waals surface area contributed by atoms with Crippen LogP contribution in [0.3, 0.4) is 0 Å². The van der Waals surface area contributed by atoms with Gasteiger partial charge in [0.1, 0.15) is 18.8 Å². The number of ether oxygens (including phenoxy) is 5. The predicted molar refractivity (Wildman–Crippen MR) is 321 cm³/mol. The van der Waals surface area contributed by atoms with E-state index in [4.69, 9.17) is 23.7 Å². The number of carboxylic acids is 1. The molecule has 0 bridgehead atoms. The van der Waals surface area contributed by atoms with Crippen molar-refractivity contribution in [2.75, 3.05) is 13.2 Å². The van der Waals surface area contributed by atoms with Crippen molar-refractivity contribution >= 4 is 23.9 Å². The first-order chi connectivity index (χ1) is 38.6. The van der Waals surface area contributed by atoms with E-state index in [0.717, 1.165) is 128 Å². The molecule has 12 heteroatoms. The number of hydrogen-bond donors (Lipinski definition) is 3. The van der Waals surface area contributed by atoms with Crippen LogP contribution in [0.1, 0.15) is 213 Å². The summed E-state index contributed by atoms with van der Waals surface area (Å²) < 4.78 is 28.4. The molecule has 1 aliphatic heterocycles. The van der Waals surface area contributed by atoms with E-state index in [1.165, 1.54) is 19.3 Å². The van der Waals surface area contributed by atoms with Gasteiger partial charge in [-0.15, -0.1) is 0 Å². The molecule has 6 unspecified atom stereocenters. The van der Waals surface area contributed by atoms with Crippen molar-refractivity contribution in [3.05, 3.63) is 134 Å². The van der Waals surface area contributed by atoms with Crippen molar-refractivity contribution in [1.29, 1.82) is 0 Å². The molecule has 0 aromatic carbocycles. The van der Waals surface area contributed by atoms with Crippen LogP contribution in [0.5, 0.6) is 0 Å². The van der Waals surface area contributed by atoms with Crippen LogP contribution in [0.2, 0.25) is 0 Å². The smallest absolute Gasteiger partial charge is 0.335 e. The molecule has 6 atom stereocenters. The largest absolute Gasteiger partial charge is 0.479 e. The summed E-state index contributed by atoms with van der Waals surface area (Å²) in [4.78, 5) is 51.2. The Labute approximate surface area is 477 Å². The number of aliphatic hydroxyl groups excluding tert-OH is 2. The van der Waals surface area contributed by atoms with Gasteiger partial charge in [-0.25, -0.2) is 4.79 Å². The molecule has 0 saturated carbocycles. The molecule has 3 N–H and O–H groups in total. The van der Waals surface area contributed by atoms with Gasteiger partial charge in [0.2, 0.25) is 0 Å². The fourth-order valence-electron chi connectivity index (χ4n) is 8.13. The number of carbonyl (C=O) groups is 4. The number of carboxylic acid groups (broad SMARTS) is 1. The number of hydrogen-bond acceptors (Lipinski definition) is 11. The van der Waals surface area contributed by atoms with Crippen LogP contribution in [0, 0.1) is 0 Å². The van der Waals surface area contributed by atoms with E-state index in [2.05, 4.69) is 142 Å². The highest BCUT2D eigenvalue weighted by Crippen LogP contribution is 2.26. The molecular formula is C67H104O12. The topological polar surface area (TPSA) is 175 Å². The lowest BCUT2D eigenvalue weighted by molar-refractivity contribution is -0.301. The Balaban J connectivity index is 2.76. The molecule has 1 rings (SSSR count). The minimum Gasteiger partial charge on any atom is -0.479 e. The Bertz CT molecular complexity index is 1880.